The average Bonchev–Trinajstić information content (AvgIpc) is 3.18. The molecule has 0 amide bonds. The van der Waals surface area contributed by atoms with Crippen molar-refractivity contribution in [1.82, 2.24) is 19.6 Å². The van der Waals surface area contributed by atoms with E-state index in [1.54, 1.807) is 6.20 Å². The highest BCUT2D eigenvalue weighted by molar-refractivity contribution is 5.98. The quantitative estimate of drug-likeness (QED) is 0.424. The van der Waals surface area contributed by atoms with Gasteiger partial charge in [0.25, 0.3) is 0 Å². The van der Waals surface area contributed by atoms with Gasteiger partial charge in [0.1, 0.15) is 0 Å². The first-order valence-corrected chi connectivity index (χ1v) is 10.5. The van der Waals surface area contributed by atoms with Gasteiger partial charge in [0.15, 0.2) is 5.65 Å². The molecule has 0 radical (unpaired) electrons. The maximum Gasteiger partial charge on any atom is 0.347 e. The Kier molecular flexibility index (Phi) is 4.84. The molecule has 0 atom stereocenters. The molecule has 1 saturated carbocycles. The lowest BCUT2D eigenvalue weighted by atomic mass is 9.72. The summed E-state index contributed by atoms with van der Waals surface area (Å²) in [5, 5.41) is 7.56. The van der Waals surface area contributed by atoms with Crippen LogP contribution in [0.5, 0.6) is 0 Å². The van der Waals surface area contributed by atoms with Crippen LogP contribution in [-0.2, 0) is 5.54 Å². The van der Waals surface area contributed by atoms with Crippen molar-refractivity contribution in [3.8, 4) is 22.4 Å². The number of hydrogen-bond acceptors (Lipinski definition) is 4. The fraction of sp³-hybridized carbons (Fsp3) is 0.160. The summed E-state index contributed by atoms with van der Waals surface area (Å²) in [6, 6.07) is 22.6. The molecule has 6 rings (SSSR count). The number of hydrogen-bond donors (Lipinski definition) is 2. The zero-order valence-corrected chi connectivity index (χ0v) is 18.1. The normalized spacial score (nSPS) is 14.8. The van der Waals surface area contributed by atoms with Gasteiger partial charge in [0, 0.05) is 28.2 Å². The minimum absolute atomic E-state index is 0. The van der Waals surface area contributed by atoms with Crippen LogP contribution in [-0.4, -0.2) is 19.6 Å². The summed E-state index contributed by atoms with van der Waals surface area (Å²) in [7, 11) is 0. The lowest BCUT2D eigenvalue weighted by Crippen LogP contribution is -2.43. The highest BCUT2D eigenvalue weighted by Gasteiger charge is 2.34. The van der Waals surface area contributed by atoms with Crippen molar-refractivity contribution in [2.75, 3.05) is 0 Å². The van der Waals surface area contributed by atoms with E-state index >= 15 is 0 Å². The highest BCUT2D eigenvalue weighted by atomic mass is 35.5. The van der Waals surface area contributed by atoms with Crippen LogP contribution in [0.1, 0.15) is 24.8 Å². The van der Waals surface area contributed by atoms with Crippen LogP contribution in [0.2, 0.25) is 0 Å². The van der Waals surface area contributed by atoms with Crippen molar-refractivity contribution in [3.05, 3.63) is 89.0 Å². The molecule has 160 valence electrons. The topological polar surface area (TPSA) is 89.1 Å². The summed E-state index contributed by atoms with van der Waals surface area (Å²) in [5.41, 5.74) is 12.6. The number of aromatic amines is 1. The van der Waals surface area contributed by atoms with Gasteiger partial charge in [-0.25, -0.2) is 19.3 Å². The molecule has 5 aromatic rings. The van der Waals surface area contributed by atoms with E-state index in [1.165, 1.54) is 16.4 Å². The van der Waals surface area contributed by atoms with Crippen LogP contribution >= 0.6 is 12.4 Å². The largest absolute Gasteiger partial charge is 0.347 e. The Morgan fingerprint density at radius 3 is 2.41 bits per heavy atom. The minimum atomic E-state index is -0.260. The fourth-order valence-electron chi connectivity index (χ4n) is 4.48. The molecule has 0 bridgehead atoms. The SMILES string of the molecule is Cl.NC1(c2ccc(-c3nc4ccn5c(=O)[nH]nc5c4cc3-c3ccccc3)cc2)CCC1. The van der Waals surface area contributed by atoms with Crippen LogP contribution < -0.4 is 11.4 Å². The molecular weight excluding hydrogens is 422 g/mol. The number of nitrogens with one attached hydrogen (secondary N) is 1. The second kappa shape index (κ2) is 7.58. The minimum Gasteiger partial charge on any atom is -0.321 e. The Morgan fingerprint density at radius 2 is 1.72 bits per heavy atom. The third-order valence-electron chi connectivity index (χ3n) is 6.44. The standard InChI is InChI=1S/C25H21N5O.ClH/c26-25(12-4-13-25)18-9-7-17(8-10-18)22-19(16-5-2-1-3-6-16)15-20-21(27-22)11-14-30-23(20)28-29-24(30)31;/h1-3,5-11,14-15H,4,12-13,26H2,(H,29,31);1H. The van der Waals surface area contributed by atoms with Gasteiger partial charge in [-0.1, -0.05) is 54.6 Å². The van der Waals surface area contributed by atoms with Crippen molar-refractivity contribution in [2.24, 2.45) is 5.73 Å². The van der Waals surface area contributed by atoms with Gasteiger partial charge in [0.2, 0.25) is 0 Å². The summed E-state index contributed by atoms with van der Waals surface area (Å²) in [5.74, 6) is 0. The molecule has 7 heteroatoms. The molecule has 3 heterocycles. The molecule has 6 nitrogen and oxygen atoms in total. The number of nitrogens with two attached hydrogens (primary N) is 1. The molecule has 1 aliphatic rings. The second-order valence-electron chi connectivity index (χ2n) is 8.31. The third-order valence-corrected chi connectivity index (χ3v) is 6.44. The second-order valence-corrected chi connectivity index (χ2v) is 8.31. The summed E-state index contributed by atoms with van der Waals surface area (Å²) in [4.78, 5) is 17.0. The van der Waals surface area contributed by atoms with Crippen LogP contribution in [0.15, 0.2) is 77.7 Å². The van der Waals surface area contributed by atoms with Gasteiger partial charge in [-0.3, -0.25) is 0 Å². The first kappa shape index (κ1) is 20.4. The predicted molar refractivity (Wildman–Crippen MR) is 129 cm³/mol. The molecule has 3 N–H and O–H groups in total. The Hall–Kier alpha value is -3.48. The van der Waals surface area contributed by atoms with E-state index in [0.717, 1.165) is 46.1 Å². The molecule has 0 spiro atoms. The highest BCUT2D eigenvalue weighted by Crippen LogP contribution is 2.40. The summed E-state index contributed by atoms with van der Waals surface area (Å²) in [6.45, 7) is 0. The monoisotopic (exact) mass is 443 g/mol. The smallest absolute Gasteiger partial charge is 0.321 e. The Morgan fingerprint density at radius 1 is 0.969 bits per heavy atom. The van der Waals surface area contributed by atoms with Gasteiger partial charge in [-0.15, -0.1) is 12.4 Å². The van der Waals surface area contributed by atoms with E-state index in [0.29, 0.717) is 5.65 Å². The Labute approximate surface area is 190 Å². The number of aromatic nitrogens is 4. The van der Waals surface area contributed by atoms with Crippen molar-refractivity contribution in [2.45, 2.75) is 24.8 Å². The van der Waals surface area contributed by atoms with E-state index in [1.807, 2.05) is 24.3 Å². The van der Waals surface area contributed by atoms with Gasteiger partial charge >= 0.3 is 5.69 Å². The lowest BCUT2D eigenvalue weighted by Gasteiger charge is -2.38. The Bertz CT molecular complexity index is 1480. The van der Waals surface area contributed by atoms with Crippen molar-refractivity contribution < 1.29 is 0 Å². The summed E-state index contributed by atoms with van der Waals surface area (Å²) < 4.78 is 1.51. The first-order valence-electron chi connectivity index (χ1n) is 10.5. The number of fused-ring (bicyclic) bond motifs is 3. The van der Waals surface area contributed by atoms with Gasteiger partial charge in [-0.05, 0) is 42.5 Å². The van der Waals surface area contributed by atoms with E-state index in [-0.39, 0.29) is 23.6 Å². The number of pyridine rings is 2. The molecule has 1 fully saturated rings. The number of H-pyrrole nitrogens is 1. The molecule has 0 aliphatic heterocycles. The van der Waals surface area contributed by atoms with Crippen molar-refractivity contribution in [1.29, 1.82) is 0 Å². The van der Waals surface area contributed by atoms with Gasteiger partial charge in [0.05, 0.1) is 11.2 Å². The van der Waals surface area contributed by atoms with E-state index < -0.39 is 0 Å². The Balaban J connectivity index is 0.00000216. The lowest BCUT2D eigenvalue weighted by molar-refractivity contribution is 0.253. The zero-order valence-electron chi connectivity index (χ0n) is 17.3. The molecule has 1 aliphatic carbocycles. The van der Waals surface area contributed by atoms with E-state index in [4.69, 9.17) is 10.7 Å². The van der Waals surface area contributed by atoms with Gasteiger partial charge in [-0.2, -0.15) is 5.10 Å². The number of nitrogens with zero attached hydrogens (tertiary/aromatic N) is 3. The predicted octanol–water partition coefficient (Wildman–Crippen LogP) is 4.66. The molecule has 0 unspecified atom stereocenters. The maximum absolute atomic E-state index is 12.0. The molecule has 0 saturated heterocycles. The third kappa shape index (κ3) is 3.11. The molecule has 2 aromatic carbocycles. The molecule has 3 aromatic heterocycles. The van der Waals surface area contributed by atoms with Crippen LogP contribution in [0.4, 0.5) is 0 Å². The van der Waals surface area contributed by atoms with Crippen molar-refractivity contribution >= 4 is 29.0 Å². The maximum atomic E-state index is 12.0. The van der Waals surface area contributed by atoms with E-state index in [9.17, 15) is 4.79 Å². The fourth-order valence-corrected chi connectivity index (χ4v) is 4.48. The van der Waals surface area contributed by atoms with Gasteiger partial charge < -0.3 is 5.73 Å². The van der Waals surface area contributed by atoms with Crippen molar-refractivity contribution in [3.63, 3.8) is 0 Å². The first-order chi connectivity index (χ1) is 15.1. The number of halogens is 1. The molecular formula is C25H22ClN5O. The average molecular weight is 444 g/mol. The van der Waals surface area contributed by atoms with Crippen LogP contribution in [0, 0.1) is 0 Å². The van der Waals surface area contributed by atoms with Crippen LogP contribution in [0.3, 0.4) is 0 Å². The zero-order chi connectivity index (χ0) is 21.0. The summed E-state index contributed by atoms with van der Waals surface area (Å²) in [6.07, 6.45) is 4.97. The number of rotatable bonds is 3. The van der Waals surface area contributed by atoms with E-state index in [2.05, 4.69) is 52.7 Å². The molecule has 32 heavy (non-hydrogen) atoms. The van der Waals surface area contributed by atoms with Crippen LogP contribution in [0.25, 0.3) is 38.9 Å². The number of benzene rings is 2. The summed E-state index contributed by atoms with van der Waals surface area (Å²) >= 11 is 0.